The molecule has 1 heterocycles. The molecule has 1 spiro atoms. The van der Waals surface area contributed by atoms with Crippen LogP contribution >= 0.6 is 0 Å². The van der Waals surface area contributed by atoms with Gasteiger partial charge >= 0.3 is 0 Å². The predicted molar refractivity (Wildman–Crippen MR) is 95.3 cm³/mol. The van der Waals surface area contributed by atoms with Gasteiger partial charge in [0.1, 0.15) is 0 Å². The van der Waals surface area contributed by atoms with Crippen molar-refractivity contribution in [2.24, 2.45) is 0 Å². The number of para-hydroxylation sites is 1. The normalized spacial score (nSPS) is 22.5. The molecule has 1 amide bonds. The van der Waals surface area contributed by atoms with Gasteiger partial charge in [-0.25, -0.2) is 0 Å². The third kappa shape index (κ3) is 2.19. The molecule has 1 atom stereocenters. The van der Waals surface area contributed by atoms with E-state index in [4.69, 9.17) is 0 Å². The molecule has 1 fully saturated rings. The molecule has 3 nitrogen and oxygen atoms in total. The molecule has 0 aromatic heterocycles. The minimum absolute atomic E-state index is 0.0214. The van der Waals surface area contributed by atoms with Crippen molar-refractivity contribution in [3.63, 3.8) is 0 Å². The number of anilines is 1. The van der Waals surface area contributed by atoms with Crippen LogP contribution in [0.15, 0.2) is 54.6 Å². The Morgan fingerprint density at radius 2 is 1.62 bits per heavy atom. The van der Waals surface area contributed by atoms with Crippen LogP contribution in [0.3, 0.4) is 0 Å². The van der Waals surface area contributed by atoms with Crippen molar-refractivity contribution in [2.75, 3.05) is 11.5 Å². The van der Waals surface area contributed by atoms with E-state index in [1.54, 1.807) is 0 Å². The summed E-state index contributed by atoms with van der Waals surface area (Å²) in [6.45, 7) is 0.0770. The summed E-state index contributed by atoms with van der Waals surface area (Å²) in [5, 5.41) is 10.3. The first-order valence-corrected chi connectivity index (χ1v) is 8.87. The lowest BCUT2D eigenvalue weighted by Crippen LogP contribution is -2.61. The summed E-state index contributed by atoms with van der Waals surface area (Å²) in [5.74, 6) is 0.0512. The third-order valence-corrected chi connectivity index (χ3v) is 5.78. The van der Waals surface area contributed by atoms with Gasteiger partial charge in [-0.1, -0.05) is 55.7 Å². The van der Waals surface area contributed by atoms with Crippen LogP contribution in [0, 0.1) is 0 Å². The molecule has 3 heteroatoms. The maximum atomic E-state index is 13.4. The maximum Gasteiger partial charge on any atom is 0.259 e. The van der Waals surface area contributed by atoms with Gasteiger partial charge in [-0.3, -0.25) is 4.79 Å². The molecule has 1 aliphatic heterocycles. The number of hydrogen-bond acceptors (Lipinski definition) is 2. The Hall–Kier alpha value is -2.13. The zero-order valence-corrected chi connectivity index (χ0v) is 13.8. The number of amides is 1. The molecule has 2 aromatic carbocycles. The molecule has 4 rings (SSSR count). The topological polar surface area (TPSA) is 40.5 Å². The Morgan fingerprint density at radius 1 is 0.958 bits per heavy atom. The molecule has 2 aliphatic rings. The van der Waals surface area contributed by atoms with Crippen LogP contribution in [-0.4, -0.2) is 23.2 Å². The number of fused-ring (bicyclic) bond motifs is 1. The number of nitrogens with zero attached hydrogens (tertiary/aromatic N) is 1. The monoisotopic (exact) mass is 321 g/mol. The van der Waals surface area contributed by atoms with E-state index >= 15 is 0 Å². The Balaban J connectivity index is 1.94. The quantitative estimate of drug-likeness (QED) is 0.903. The van der Waals surface area contributed by atoms with Crippen LogP contribution in [0.1, 0.15) is 53.9 Å². The van der Waals surface area contributed by atoms with Crippen LogP contribution in [0.2, 0.25) is 0 Å². The highest BCUT2D eigenvalue weighted by Gasteiger charge is 2.52. The van der Waals surface area contributed by atoms with E-state index in [9.17, 15) is 9.90 Å². The minimum Gasteiger partial charge on any atom is -0.396 e. The molecule has 124 valence electrons. The molecule has 2 aromatic rings. The second-order valence-corrected chi connectivity index (χ2v) is 6.96. The Labute approximate surface area is 142 Å². The van der Waals surface area contributed by atoms with Crippen LogP contribution in [0.5, 0.6) is 0 Å². The summed E-state index contributed by atoms with van der Waals surface area (Å²) in [6, 6.07) is 17.8. The lowest BCUT2D eigenvalue weighted by molar-refractivity contribution is 0.0849. The first-order chi connectivity index (χ1) is 11.8. The molecule has 0 saturated heterocycles. The second-order valence-electron chi connectivity index (χ2n) is 6.96. The number of benzene rings is 2. The smallest absolute Gasteiger partial charge is 0.259 e. The van der Waals surface area contributed by atoms with Gasteiger partial charge < -0.3 is 10.0 Å². The maximum absolute atomic E-state index is 13.4. The summed E-state index contributed by atoms with van der Waals surface area (Å²) in [5.41, 5.74) is 2.38. The van der Waals surface area contributed by atoms with Crippen molar-refractivity contribution in [3.8, 4) is 0 Å². The molecule has 1 N–H and O–H groups in total. The number of aliphatic hydroxyl groups excluding tert-OH is 1. The van der Waals surface area contributed by atoms with Crippen LogP contribution in [-0.2, 0) is 0 Å². The minimum atomic E-state index is -0.306. The molecule has 1 unspecified atom stereocenters. The SMILES string of the molecule is O=C1c2ccccc2C(CO)C2(CCCCC2)N1c1ccccc1. The molecular formula is C21H23NO2. The Morgan fingerprint density at radius 3 is 2.33 bits per heavy atom. The lowest BCUT2D eigenvalue weighted by atomic mass is 9.65. The summed E-state index contributed by atoms with van der Waals surface area (Å²) in [4.78, 5) is 15.4. The van der Waals surface area contributed by atoms with Gasteiger partial charge in [0, 0.05) is 17.2 Å². The van der Waals surface area contributed by atoms with E-state index in [2.05, 4.69) is 0 Å². The second kappa shape index (κ2) is 6.06. The van der Waals surface area contributed by atoms with Crippen molar-refractivity contribution >= 4 is 11.6 Å². The van der Waals surface area contributed by atoms with Crippen LogP contribution in [0.25, 0.3) is 0 Å². The van der Waals surface area contributed by atoms with Gasteiger partial charge in [-0.2, -0.15) is 0 Å². The summed E-state index contributed by atoms with van der Waals surface area (Å²) >= 11 is 0. The zero-order chi connectivity index (χ0) is 16.6. The van der Waals surface area contributed by atoms with Crippen molar-refractivity contribution in [3.05, 3.63) is 65.7 Å². The first-order valence-electron chi connectivity index (χ1n) is 8.87. The van der Waals surface area contributed by atoms with Gasteiger partial charge in [-0.05, 0) is 36.6 Å². The Bertz CT molecular complexity index is 735. The molecule has 1 saturated carbocycles. The molecule has 0 radical (unpaired) electrons. The number of rotatable bonds is 2. The van der Waals surface area contributed by atoms with Gasteiger partial charge in [-0.15, -0.1) is 0 Å². The largest absolute Gasteiger partial charge is 0.396 e. The average molecular weight is 321 g/mol. The molecule has 0 bridgehead atoms. The summed E-state index contributed by atoms with van der Waals surface area (Å²) in [7, 11) is 0. The van der Waals surface area contributed by atoms with Gasteiger partial charge in [0.2, 0.25) is 0 Å². The average Bonchev–Trinajstić information content (AvgIpc) is 2.64. The van der Waals surface area contributed by atoms with Crippen LogP contribution < -0.4 is 4.90 Å². The van der Waals surface area contributed by atoms with Crippen molar-refractivity contribution < 1.29 is 9.90 Å². The highest BCUT2D eigenvalue weighted by Crippen LogP contribution is 2.50. The number of carbonyl (C=O) groups is 1. The van der Waals surface area contributed by atoms with Crippen LogP contribution in [0.4, 0.5) is 5.69 Å². The fourth-order valence-electron chi connectivity index (χ4n) is 4.72. The predicted octanol–water partition coefficient (Wildman–Crippen LogP) is 4.13. The number of hydrogen-bond donors (Lipinski definition) is 1. The highest BCUT2D eigenvalue weighted by molar-refractivity contribution is 6.09. The molecular weight excluding hydrogens is 298 g/mol. The van der Waals surface area contributed by atoms with Crippen molar-refractivity contribution in [1.29, 1.82) is 0 Å². The standard InChI is InChI=1S/C21H23NO2/c23-15-19-17-11-5-6-12-18(17)20(24)22(16-9-3-1-4-10-16)21(19)13-7-2-8-14-21/h1,3-6,9-12,19,23H,2,7-8,13-15H2. The lowest BCUT2D eigenvalue weighted by Gasteiger charge is -2.54. The van der Waals surface area contributed by atoms with Gasteiger partial charge in [0.15, 0.2) is 0 Å². The van der Waals surface area contributed by atoms with E-state index in [1.807, 2.05) is 59.5 Å². The van der Waals surface area contributed by atoms with E-state index in [0.29, 0.717) is 0 Å². The highest BCUT2D eigenvalue weighted by atomic mass is 16.3. The van der Waals surface area contributed by atoms with E-state index in [1.165, 1.54) is 6.42 Å². The number of aliphatic hydroxyl groups is 1. The fourth-order valence-corrected chi connectivity index (χ4v) is 4.72. The molecule has 24 heavy (non-hydrogen) atoms. The first kappa shape index (κ1) is 15.4. The third-order valence-electron chi connectivity index (χ3n) is 5.78. The molecule has 1 aliphatic carbocycles. The Kier molecular flexibility index (Phi) is 3.89. The van der Waals surface area contributed by atoms with E-state index < -0.39 is 0 Å². The van der Waals surface area contributed by atoms with Gasteiger partial charge in [0.05, 0.1) is 12.1 Å². The summed E-state index contributed by atoms with van der Waals surface area (Å²) < 4.78 is 0. The van der Waals surface area contributed by atoms with Gasteiger partial charge in [0.25, 0.3) is 5.91 Å². The van der Waals surface area contributed by atoms with Crippen molar-refractivity contribution in [2.45, 2.75) is 43.6 Å². The summed E-state index contributed by atoms with van der Waals surface area (Å²) in [6.07, 6.45) is 5.32. The van der Waals surface area contributed by atoms with E-state index in [0.717, 1.165) is 42.5 Å². The fraction of sp³-hybridized carbons (Fsp3) is 0.381. The number of carbonyl (C=O) groups excluding carboxylic acids is 1. The van der Waals surface area contributed by atoms with Crippen molar-refractivity contribution in [1.82, 2.24) is 0 Å². The van der Waals surface area contributed by atoms with E-state index in [-0.39, 0.29) is 24.0 Å². The zero-order valence-electron chi connectivity index (χ0n) is 13.8.